The van der Waals surface area contributed by atoms with E-state index in [1.54, 1.807) is 0 Å². The number of benzene rings is 4. The normalized spacial score (nSPS) is 12.4. The average molecular weight is 479 g/mol. The minimum absolute atomic E-state index is 0.0517. The number of aliphatic carboxylic acids is 1. The summed E-state index contributed by atoms with van der Waals surface area (Å²) in [6.07, 6.45) is 2.51. The Kier molecular flexibility index (Phi) is 8.30. The summed E-state index contributed by atoms with van der Waals surface area (Å²) >= 11 is 0. The molecule has 4 aromatic rings. The summed E-state index contributed by atoms with van der Waals surface area (Å²) in [5.74, 6) is -0.177. The van der Waals surface area contributed by atoms with Crippen molar-refractivity contribution in [2.24, 2.45) is 0 Å². The SMILES string of the molecule is O=CCC(CCCc1ccccc1)(C(=O)O)c1ccc(-c2ccc(OCc3ccccc3)cc2)cc1. The number of carbonyl (C=O) groups is 2. The molecule has 1 N–H and O–H groups in total. The molecule has 1 atom stereocenters. The molecule has 0 amide bonds. The molecular formula is C32H30O4. The van der Waals surface area contributed by atoms with Gasteiger partial charge in [-0.05, 0) is 59.2 Å². The van der Waals surface area contributed by atoms with Gasteiger partial charge in [-0.2, -0.15) is 0 Å². The second-order valence-corrected chi connectivity index (χ2v) is 8.97. The van der Waals surface area contributed by atoms with Crippen LogP contribution in [0.15, 0.2) is 109 Å². The number of carboxylic acids is 1. The van der Waals surface area contributed by atoms with Gasteiger partial charge in [0.15, 0.2) is 0 Å². The molecule has 4 aromatic carbocycles. The Morgan fingerprint density at radius 3 is 1.86 bits per heavy atom. The highest BCUT2D eigenvalue weighted by Gasteiger charge is 2.39. The van der Waals surface area contributed by atoms with Crippen LogP contribution in [0.1, 0.15) is 36.0 Å². The molecular weight excluding hydrogens is 448 g/mol. The van der Waals surface area contributed by atoms with Gasteiger partial charge in [0.25, 0.3) is 0 Å². The molecule has 0 aromatic heterocycles. The van der Waals surface area contributed by atoms with Gasteiger partial charge < -0.3 is 14.6 Å². The fraction of sp³-hybridized carbons (Fsp3) is 0.188. The lowest BCUT2D eigenvalue weighted by molar-refractivity contribution is -0.145. The van der Waals surface area contributed by atoms with Crippen LogP contribution in [0.25, 0.3) is 11.1 Å². The molecule has 4 heteroatoms. The van der Waals surface area contributed by atoms with Gasteiger partial charge in [-0.15, -0.1) is 0 Å². The fourth-order valence-electron chi connectivity index (χ4n) is 4.53. The number of hydrogen-bond acceptors (Lipinski definition) is 3. The molecule has 0 aliphatic carbocycles. The summed E-state index contributed by atoms with van der Waals surface area (Å²) in [7, 11) is 0. The van der Waals surface area contributed by atoms with Gasteiger partial charge in [0.05, 0.1) is 5.41 Å². The van der Waals surface area contributed by atoms with E-state index < -0.39 is 11.4 Å². The number of carboxylic acid groups (broad SMARTS) is 1. The van der Waals surface area contributed by atoms with Gasteiger partial charge in [-0.3, -0.25) is 4.79 Å². The molecule has 0 saturated carbocycles. The van der Waals surface area contributed by atoms with Gasteiger partial charge >= 0.3 is 5.97 Å². The van der Waals surface area contributed by atoms with Crippen molar-refractivity contribution >= 4 is 12.3 Å². The van der Waals surface area contributed by atoms with Crippen LogP contribution in [-0.2, 0) is 28.0 Å². The van der Waals surface area contributed by atoms with Crippen molar-refractivity contribution in [2.45, 2.75) is 37.7 Å². The molecule has 0 fully saturated rings. The summed E-state index contributed by atoms with van der Waals surface area (Å²) < 4.78 is 5.87. The van der Waals surface area contributed by atoms with Crippen molar-refractivity contribution < 1.29 is 19.4 Å². The van der Waals surface area contributed by atoms with Crippen LogP contribution in [0.4, 0.5) is 0 Å². The molecule has 0 aliphatic rings. The van der Waals surface area contributed by atoms with Crippen LogP contribution in [0.5, 0.6) is 5.75 Å². The predicted octanol–water partition coefficient (Wildman–Crippen LogP) is 6.87. The van der Waals surface area contributed by atoms with Crippen molar-refractivity contribution in [1.29, 1.82) is 0 Å². The third-order valence-corrected chi connectivity index (χ3v) is 6.63. The highest BCUT2D eigenvalue weighted by Crippen LogP contribution is 2.35. The maximum absolute atomic E-state index is 12.4. The molecule has 36 heavy (non-hydrogen) atoms. The zero-order valence-corrected chi connectivity index (χ0v) is 20.2. The van der Waals surface area contributed by atoms with Gasteiger partial charge in [0.2, 0.25) is 0 Å². The molecule has 4 nitrogen and oxygen atoms in total. The van der Waals surface area contributed by atoms with Crippen LogP contribution < -0.4 is 4.74 Å². The van der Waals surface area contributed by atoms with Gasteiger partial charge in [0.1, 0.15) is 18.6 Å². The number of carbonyl (C=O) groups excluding carboxylic acids is 1. The van der Waals surface area contributed by atoms with E-state index in [4.69, 9.17) is 4.74 Å². The zero-order chi connectivity index (χ0) is 25.2. The third kappa shape index (κ3) is 6.08. The van der Waals surface area contributed by atoms with Crippen molar-refractivity contribution in [2.75, 3.05) is 0 Å². The Balaban J connectivity index is 1.46. The van der Waals surface area contributed by atoms with Crippen LogP contribution >= 0.6 is 0 Å². The van der Waals surface area contributed by atoms with E-state index in [9.17, 15) is 14.7 Å². The van der Waals surface area contributed by atoms with E-state index in [2.05, 4.69) is 0 Å². The van der Waals surface area contributed by atoms with E-state index in [0.717, 1.165) is 40.7 Å². The van der Waals surface area contributed by atoms with E-state index >= 15 is 0 Å². The third-order valence-electron chi connectivity index (χ3n) is 6.63. The fourth-order valence-corrected chi connectivity index (χ4v) is 4.53. The lowest BCUT2D eigenvalue weighted by atomic mass is 9.73. The molecule has 0 aliphatic heterocycles. The van der Waals surface area contributed by atoms with Crippen molar-refractivity contribution in [3.63, 3.8) is 0 Å². The maximum atomic E-state index is 12.4. The summed E-state index contributed by atoms with van der Waals surface area (Å²) in [6.45, 7) is 0.507. The van der Waals surface area contributed by atoms with Crippen LogP contribution in [-0.4, -0.2) is 17.4 Å². The molecule has 0 radical (unpaired) electrons. The monoisotopic (exact) mass is 478 g/mol. The minimum atomic E-state index is -1.23. The molecule has 1 unspecified atom stereocenters. The topological polar surface area (TPSA) is 63.6 Å². The van der Waals surface area contributed by atoms with Crippen molar-refractivity contribution in [3.05, 3.63) is 126 Å². The summed E-state index contributed by atoms with van der Waals surface area (Å²) in [5, 5.41) is 10.2. The number of aldehydes is 1. The smallest absolute Gasteiger partial charge is 0.314 e. The highest BCUT2D eigenvalue weighted by molar-refractivity contribution is 5.85. The Hall–Kier alpha value is -4.18. The first-order valence-corrected chi connectivity index (χ1v) is 12.2. The maximum Gasteiger partial charge on any atom is 0.314 e. The Morgan fingerprint density at radius 2 is 1.31 bits per heavy atom. The lowest BCUT2D eigenvalue weighted by Crippen LogP contribution is -2.36. The quantitative estimate of drug-likeness (QED) is 0.226. The van der Waals surface area contributed by atoms with E-state index in [-0.39, 0.29) is 6.42 Å². The summed E-state index contributed by atoms with van der Waals surface area (Å²) in [5.41, 5.74) is 3.68. The molecule has 0 saturated heterocycles. The summed E-state index contributed by atoms with van der Waals surface area (Å²) in [6, 6.07) is 35.4. The van der Waals surface area contributed by atoms with Crippen LogP contribution in [0.2, 0.25) is 0 Å². The number of hydrogen-bond donors (Lipinski definition) is 1. The van der Waals surface area contributed by atoms with Crippen LogP contribution in [0.3, 0.4) is 0 Å². The van der Waals surface area contributed by atoms with E-state index in [1.165, 1.54) is 0 Å². The van der Waals surface area contributed by atoms with Crippen molar-refractivity contribution in [1.82, 2.24) is 0 Å². The lowest BCUT2D eigenvalue weighted by Gasteiger charge is -2.28. The first-order valence-electron chi connectivity index (χ1n) is 12.2. The average Bonchev–Trinajstić information content (AvgIpc) is 2.93. The number of aryl methyl sites for hydroxylation is 1. The number of ether oxygens (including phenoxy) is 1. The Bertz CT molecular complexity index is 1250. The Morgan fingerprint density at radius 1 is 0.750 bits per heavy atom. The molecule has 4 rings (SSSR count). The van der Waals surface area contributed by atoms with Crippen molar-refractivity contribution in [3.8, 4) is 16.9 Å². The van der Waals surface area contributed by atoms with Gasteiger partial charge in [-0.25, -0.2) is 0 Å². The van der Waals surface area contributed by atoms with Gasteiger partial charge in [-0.1, -0.05) is 97.1 Å². The minimum Gasteiger partial charge on any atom is -0.489 e. The Labute approximate surface area is 212 Å². The molecule has 182 valence electrons. The zero-order valence-electron chi connectivity index (χ0n) is 20.2. The molecule has 0 bridgehead atoms. The first-order chi connectivity index (χ1) is 17.6. The first kappa shape index (κ1) is 24.9. The van der Waals surface area contributed by atoms with E-state index in [0.29, 0.717) is 25.0 Å². The molecule has 0 spiro atoms. The number of rotatable bonds is 12. The predicted molar refractivity (Wildman–Crippen MR) is 142 cm³/mol. The molecule has 0 heterocycles. The second-order valence-electron chi connectivity index (χ2n) is 8.97. The standard InChI is InChI=1S/C32H30O4/c33-23-22-32(31(34)35,21-7-12-25-8-3-1-4-9-25)29-17-13-27(14-18-29)28-15-19-30(20-16-28)36-24-26-10-5-2-6-11-26/h1-6,8-11,13-20,23H,7,12,21-22,24H2,(H,34,35). The van der Waals surface area contributed by atoms with Crippen LogP contribution in [0, 0.1) is 0 Å². The second kappa shape index (κ2) is 12.0. The largest absolute Gasteiger partial charge is 0.489 e. The highest BCUT2D eigenvalue weighted by atomic mass is 16.5. The van der Waals surface area contributed by atoms with Gasteiger partial charge in [0, 0.05) is 6.42 Å². The summed E-state index contributed by atoms with van der Waals surface area (Å²) in [4.78, 5) is 24.0. The van der Waals surface area contributed by atoms with E-state index in [1.807, 2.05) is 109 Å².